The molecule has 3 aliphatic rings. The Kier molecular flexibility index (Phi) is 0.906. The molecule has 0 N–H and O–H groups in total. The van der Waals surface area contributed by atoms with Gasteiger partial charge in [-0.3, -0.25) is 0 Å². The molecule has 0 saturated heterocycles. The highest BCUT2D eigenvalue weighted by molar-refractivity contribution is 5.27. The Morgan fingerprint density at radius 2 is 2.27 bits per heavy atom. The fourth-order valence-corrected chi connectivity index (χ4v) is 4.38. The highest BCUT2D eigenvalue weighted by atomic mass is 14.8. The first-order chi connectivity index (χ1) is 5.22. The summed E-state index contributed by atoms with van der Waals surface area (Å²) in [6.45, 7) is 4.89. The van der Waals surface area contributed by atoms with Gasteiger partial charge in [-0.05, 0) is 48.3 Å². The molecule has 4 unspecified atom stereocenters. The van der Waals surface area contributed by atoms with Crippen LogP contribution in [0.3, 0.4) is 0 Å². The van der Waals surface area contributed by atoms with Crippen molar-refractivity contribution in [3.8, 4) is 0 Å². The average molecular weight is 150 g/mol. The first kappa shape index (κ1) is 6.51. The van der Waals surface area contributed by atoms with Gasteiger partial charge in [-0.1, -0.05) is 20.3 Å². The predicted octanol–water partition coefficient (Wildman–Crippen LogP) is 3.22. The van der Waals surface area contributed by atoms with Crippen molar-refractivity contribution in [1.29, 1.82) is 0 Å². The van der Waals surface area contributed by atoms with Gasteiger partial charge in [0.1, 0.15) is 0 Å². The zero-order valence-corrected chi connectivity index (χ0v) is 7.69. The third-order valence-corrected chi connectivity index (χ3v) is 5.22. The minimum atomic E-state index is 0.849. The summed E-state index contributed by atoms with van der Waals surface area (Å²) < 4.78 is 0. The molecule has 3 aliphatic carbocycles. The molecule has 62 valence electrons. The van der Waals surface area contributed by atoms with E-state index in [0.29, 0.717) is 0 Å². The molecule has 3 saturated carbocycles. The topological polar surface area (TPSA) is 0 Å². The van der Waals surface area contributed by atoms with Crippen LogP contribution in [0.5, 0.6) is 0 Å². The molecule has 4 atom stereocenters. The van der Waals surface area contributed by atoms with E-state index in [1.54, 1.807) is 25.7 Å². The number of hydrogen-bond donors (Lipinski definition) is 0. The molecule has 0 aromatic heterocycles. The lowest BCUT2D eigenvalue weighted by Gasteiger charge is -2.40. The lowest BCUT2D eigenvalue weighted by molar-refractivity contribution is 0.0863. The second-order valence-corrected chi connectivity index (χ2v) is 5.41. The lowest BCUT2D eigenvalue weighted by Crippen LogP contribution is -2.33. The van der Waals surface area contributed by atoms with Crippen molar-refractivity contribution in [2.75, 3.05) is 0 Å². The number of hydrogen-bond acceptors (Lipinski definition) is 0. The Hall–Kier alpha value is 0. The molecule has 3 fully saturated rings. The summed E-state index contributed by atoms with van der Waals surface area (Å²) >= 11 is 0. The number of rotatable bonds is 1. The van der Waals surface area contributed by atoms with Crippen molar-refractivity contribution >= 4 is 0 Å². The molecule has 0 radical (unpaired) electrons. The van der Waals surface area contributed by atoms with Crippen LogP contribution < -0.4 is 0 Å². The van der Waals surface area contributed by atoms with Crippen molar-refractivity contribution < 1.29 is 0 Å². The summed E-state index contributed by atoms with van der Waals surface area (Å²) in [6.07, 6.45) is 7.73. The molecule has 0 aromatic carbocycles. The first-order valence-corrected chi connectivity index (χ1v) is 5.22. The summed E-state index contributed by atoms with van der Waals surface area (Å²) in [4.78, 5) is 0. The minimum Gasteiger partial charge on any atom is -0.0651 e. The summed E-state index contributed by atoms with van der Waals surface area (Å²) in [6, 6.07) is 0. The van der Waals surface area contributed by atoms with Gasteiger partial charge in [-0.2, -0.15) is 0 Å². The molecule has 0 bridgehead atoms. The molecular weight excluding hydrogens is 132 g/mol. The quantitative estimate of drug-likeness (QED) is 0.538. The van der Waals surface area contributed by atoms with E-state index in [9.17, 15) is 0 Å². The largest absolute Gasteiger partial charge is 0.0651 e. The SMILES string of the molecule is CCC1CCC23CC2(C)CC13. The van der Waals surface area contributed by atoms with E-state index >= 15 is 0 Å². The van der Waals surface area contributed by atoms with E-state index in [0.717, 1.165) is 22.7 Å². The zero-order valence-electron chi connectivity index (χ0n) is 7.69. The van der Waals surface area contributed by atoms with Crippen molar-refractivity contribution in [3.05, 3.63) is 0 Å². The maximum absolute atomic E-state index is 2.52. The average Bonchev–Trinajstić information content (AvgIpc) is 2.32. The molecule has 0 aliphatic heterocycles. The second-order valence-electron chi connectivity index (χ2n) is 5.41. The Balaban J connectivity index is 1.86. The minimum absolute atomic E-state index is 0.849. The Morgan fingerprint density at radius 3 is 2.73 bits per heavy atom. The second kappa shape index (κ2) is 1.53. The van der Waals surface area contributed by atoms with Crippen LogP contribution in [0.4, 0.5) is 0 Å². The Morgan fingerprint density at radius 1 is 1.45 bits per heavy atom. The lowest BCUT2D eigenvalue weighted by atomic mass is 9.65. The van der Waals surface area contributed by atoms with E-state index < -0.39 is 0 Å². The molecule has 0 heteroatoms. The highest BCUT2D eigenvalue weighted by Crippen LogP contribution is 2.86. The molecular formula is C11H18. The van der Waals surface area contributed by atoms with Crippen LogP contribution >= 0.6 is 0 Å². The van der Waals surface area contributed by atoms with Crippen LogP contribution in [0.25, 0.3) is 0 Å². The van der Waals surface area contributed by atoms with Crippen molar-refractivity contribution in [2.24, 2.45) is 22.7 Å². The molecule has 0 heterocycles. The van der Waals surface area contributed by atoms with Gasteiger partial charge in [0.05, 0.1) is 0 Å². The van der Waals surface area contributed by atoms with Gasteiger partial charge < -0.3 is 0 Å². The summed E-state index contributed by atoms with van der Waals surface area (Å²) in [7, 11) is 0. The van der Waals surface area contributed by atoms with Gasteiger partial charge in [-0.25, -0.2) is 0 Å². The molecule has 1 spiro atoms. The van der Waals surface area contributed by atoms with Crippen LogP contribution in [0.2, 0.25) is 0 Å². The summed E-state index contributed by atoms with van der Waals surface area (Å²) in [5.74, 6) is 2.28. The molecule has 11 heavy (non-hydrogen) atoms. The molecule has 3 rings (SSSR count). The van der Waals surface area contributed by atoms with Gasteiger partial charge in [0.25, 0.3) is 0 Å². The van der Waals surface area contributed by atoms with Gasteiger partial charge in [0, 0.05) is 0 Å². The van der Waals surface area contributed by atoms with Gasteiger partial charge in [0.2, 0.25) is 0 Å². The van der Waals surface area contributed by atoms with E-state index in [1.165, 1.54) is 6.42 Å². The standard InChI is InChI=1S/C11H18/c1-3-8-4-5-11-7-10(11,2)6-9(8)11/h8-9H,3-7H2,1-2H3. The molecule has 0 amide bonds. The van der Waals surface area contributed by atoms with Crippen LogP contribution in [0.15, 0.2) is 0 Å². The van der Waals surface area contributed by atoms with Crippen LogP contribution in [0, 0.1) is 22.7 Å². The summed E-state index contributed by atoms with van der Waals surface area (Å²) in [5, 5.41) is 0. The van der Waals surface area contributed by atoms with Crippen LogP contribution in [-0.2, 0) is 0 Å². The van der Waals surface area contributed by atoms with E-state index in [2.05, 4.69) is 13.8 Å². The van der Waals surface area contributed by atoms with E-state index in [1.807, 2.05) is 0 Å². The maximum atomic E-state index is 2.52. The van der Waals surface area contributed by atoms with Gasteiger partial charge >= 0.3 is 0 Å². The van der Waals surface area contributed by atoms with Crippen LogP contribution in [0.1, 0.15) is 46.0 Å². The van der Waals surface area contributed by atoms with Crippen molar-refractivity contribution in [1.82, 2.24) is 0 Å². The van der Waals surface area contributed by atoms with Crippen LogP contribution in [-0.4, -0.2) is 0 Å². The third-order valence-electron chi connectivity index (χ3n) is 5.22. The fraction of sp³-hybridized carbons (Fsp3) is 1.00. The smallest absolute Gasteiger partial charge is 0.0207 e. The normalized spacial score (nSPS) is 64.9. The first-order valence-electron chi connectivity index (χ1n) is 5.22. The fourth-order valence-electron chi connectivity index (χ4n) is 4.38. The van der Waals surface area contributed by atoms with Gasteiger partial charge in [-0.15, -0.1) is 0 Å². The highest BCUT2D eigenvalue weighted by Gasteiger charge is 2.78. The van der Waals surface area contributed by atoms with Crippen molar-refractivity contribution in [3.63, 3.8) is 0 Å². The third kappa shape index (κ3) is 0.494. The zero-order chi connectivity index (χ0) is 7.69. The monoisotopic (exact) mass is 150 g/mol. The van der Waals surface area contributed by atoms with E-state index in [-0.39, 0.29) is 0 Å². The van der Waals surface area contributed by atoms with Gasteiger partial charge in [0.15, 0.2) is 0 Å². The van der Waals surface area contributed by atoms with Crippen molar-refractivity contribution in [2.45, 2.75) is 46.0 Å². The summed E-state index contributed by atoms with van der Waals surface area (Å²) in [5.41, 5.74) is 1.76. The Bertz CT molecular complexity index is 208. The molecule has 0 nitrogen and oxygen atoms in total. The maximum Gasteiger partial charge on any atom is -0.0207 e. The van der Waals surface area contributed by atoms with E-state index in [4.69, 9.17) is 0 Å². The predicted molar refractivity (Wildman–Crippen MR) is 46.3 cm³/mol. The molecule has 0 aromatic rings. The Labute approximate surface area is 69.4 Å².